The van der Waals surface area contributed by atoms with Crippen LogP contribution in [0.4, 0.5) is 0 Å². The van der Waals surface area contributed by atoms with Crippen molar-refractivity contribution in [2.45, 2.75) is 26.3 Å². The summed E-state index contributed by atoms with van der Waals surface area (Å²) in [5.41, 5.74) is 1.59. The van der Waals surface area contributed by atoms with Crippen LogP contribution in [0, 0.1) is 5.92 Å². The minimum Gasteiger partial charge on any atom is -0.348 e. The van der Waals surface area contributed by atoms with Gasteiger partial charge in [-0.15, -0.1) is 10.2 Å². The standard InChI is InChI=1S/C17H18ClN5O/c1-11(2)16(12-4-3-7-19-8-12)17(24)20-9-15-22-21-14-6-5-13(18)10-23(14)15/h3-8,10-11,16H,9H2,1-2H3,(H,20,24). The highest BCUT2D eigenvalue weighted by atomic mass is 35.5. The normalized spacial score (nSPS) is 12.5. The molecule has 0 saturated heterocycles. The van der Waals surface area contributed by atoms with E-state index >= 15 is 0 Å². The zero-order valence-electron chi connectivity index (χ0n) is 13.5. The van der Waals surface area contributed by atoms with Crippen LogP contribution in [-0.4, -0.2) is 25.5 Å². The van der Waals surface area contributed by atoms with E-state index < -0.39 is 0 Å². The van der Waals surface area contributed by atoms with Crippen molar-refractivity contribution in [3.8, 4) is 0 Å². The summed E-state index contributed by atoms with van der Waals surface area (Å²) < 4.78 is 1.77. The molecule has 3 aromatic heterocycles. The van der Waals surface area contributed by atoms with Crippen LogP contribution in [0.5, 0.6) is 0 Å². The van der Waals surface area contributed by atoms with Gasteiger partial charge in [0.1, 0.15) is 0 Å². The number of hydrogen-bond donors (Lipinski definition) is 1. The predicted octanol–water partition coefficient (Wildman–Crippen LogP) is 2.83. The number of amides is 1. The molecule has 0 radical (unpaired) electrons. The molecule has 0 aliphatic rings. The molecule has 124 valence electrons. The Morgan fingerprint density at radius 2 is 2.12 bits per heavy atom. The van der Waals surface area contributed by atoms with E-state index in [1.807, 2.05) is 26.0 Å². The fourth-order valence-electron chi connectivity index (χ4n) is 2.71. The second-order valence-electron chi connectivity index (χ2n) is 5.92. The summed E-state index contributed by atoms with van der Waals surface area (Å²) in [6.07, 6.45) is 5.17. The molecule has 3 heterocycles. The Morgan fingerprint density at radius 1 is 1.29 bits per heavy atom. The fraction of sp³-hybridized carbons (Fsp3) is 0.294. The third-order valence-corrected chi connectivity index (χ3v) is 4.07. The highest BCUT2D eigenvalue weighted by Crippen LogP contribution is 2.24. The highest BCUT2D eigenvalue weighted by Gasteiger charge is 2.24. The van der Waals surface area contributed by atoms with Crippen LogP contribution in [-0.2, 0) is 11.3 Å². The maximum absolute atomic E-state index is 12.7. The smallest absolute Gasteiger partial charge is 0.228 e. The van der Waals surface area contributed by atoms with Crippen LogP contribution < -0.4 is 5.32 Å². The molecule has 0 bridgehead atoms. The Labute approximate surface area is 144 Å². The molecule has 0 aliphatic heterocycles. The Kier molecular flexibility index (Phi) is 4.76. The van der Waals surface area contributed by atoms with Crippen LogP contribution in [0.15, 0.2) is 42.9 Å². The molecule has 0 saturated carbocycles. The zero-order chi connectivity index (χ0) is 17.1. The number of aromatic nitrogens is 4. The molecule has 0 aliphatic carbocycles. The lowest BCUT2D eigenvalue weighted by Crippen LogP contribution is -2.32. The summed E-state index contributed by atoms with van der Waals surface area (Å²) in [5, 5.41) is 11.7. The maximum atomic E-state index is 12.7. The Bertz CT molecular complexity index is 847. The van der Waals surface area contributed by atoms with Crippen LogP contribution in [0.3, 0.4) is 0 Å². The Hall–Kier alpha value is -2.47. The molecule has 1 amide bonds. The molecule has 1 atom stereocenters. The average molecular weight is 344 g/mol. The summed E-state index contributed by atoms with van der Waals surface area (Å²) in [6, 6.07) is 7.30. The van der Waals surface area contributed by atoms with Crippen molar-refractivity contribution in [1.82, 2.24) is 24.9 Å². The number of hydrogen-bond acceptors (Lipinski definition) is 4. The van der Waals surface area contributed by atoms with Crippen molar-refractivity contribution in [2.75, 3.05) is 0 Å². The van der Waals surface area contributed by atoms with Crippen LogP contribution in [0.2, 0.25) is 5.02 Å². The third-order valence-electron chi connectivity index (χ3n) is 3.85. The van der Waals surface area contributed by atoms with E-state index in [4.69, 9.17) is 11.6 Å². The molecule has 0 fully saturated rings. The molecule has 0 aromatic carbocycles. The highest BCUT2D eigenvalue weighted by molar-refractivity contribution is 6.30. The van der Waals surface area contributed by atoms with Gasteiger partial charge in [-0.3, -0.25) is 14.2 Å². The molecule has 1 unspecified atom stereocenters. The molecular formula is C17H18ClN5O. The molecular weight excluding hydrogens is 326 g/mol. The molecule has 6 nitrogen and oxygen atoms in total. The number of nitrogens with zero attached hydrogens (tertiary/aromatic N) is 4. The lowest BCUT2D eigenvalue weighted by atomic mass is 9.88. The van der Waals surface area contributed by atoms with Crippen molar-refractivity contribution in [3.63, 3.8) is 0 Å². The van der Waals surface area contributed by atoms with E-state index in [0.717, 1.165) is 5.56 Å². The Morgan fingerprint density at radius 3 is 2.83 bits per heavy atom. The second kappa shape index (κ2) is 6.97. The lowest BCUT2D eigenvalue weighted by Gasteiger charge is -2.20. The van der Waals surface area contributed by atoms with Gasteiger partial charge in [0.15, 0.2) is 11.5 Å². The van der Waals surface area contributed by atoms with Gasteiger partial charge < -0.3 is 5.32 Å². The zero-order valence-corrected chi connectivity index (χ0v) is 14.2. The molecule has 7 heteroatoms. The summed E-state index contributed by atoms with van der Waals surface area (Å²) in [5.74, 6) is 0.464. The van der Waals surface area contributed by atoms with E-state index in [0.29, 0.717) is 16.5 Å². The first-order chi connectivity index (χ1) is 11.6. The van der Waals surface area contributed by atoms with Gasteiger partial charge >= 0.3 is 0 Å². The van der Waals surface area contributed by atoms with Crippen molar-refractivity contribution < 1.29 is 4.79 Å². The number of rotatable bonds is 5. The number of nitrogens with one attached hydrogen (secondary N) is 1. The maximum Gasteiger partial charge on any atom is 0.228 e. The topological polar surface area (TPSA) is 72.2 Å². The van der Waals surface area contributed by atoms with Crippen molar-refractivity contribution in [1.29, 1.82) is 0 Å². The molecule has 24 heavy (non-hydrogen) atoms. The monoisotopic (exact) mass is 343 g/mol. The van der Waals surface area contributed by atoms with E-state index in [1.54, 1.807) is 35.1 Å². The third kappa shape index (κ3) is 3.38. The van der Waals surface area contributed by atoms with Crippen molar-refractivity contribution >= 4 is 23.2 Å². The SMILES string of the molecule is CC(C)C(C(=O)NCc1nnc2ccc(Cl)cn12)c1cccnc1. The minimum absolute atomic E-state index is 0.0585. The largest absolute Gasteiger partial charge is 0.348 e. The number of carbonyl (C=O) groups excluding carboxylic acids is 1. The van der Waals surface area contributed by atoms with E-state index in [1.165, 1.54) is 0 Å². The Balaban J connectivity index is 1.77. The molecule has 3 rings (SSSR count). The van der Waals surface area contributed by atoms with Gasteiger partial charge in [0.05, 0.1) is 17.5 Å². The molecule has 0 spiro atoms. The fourth-order valence-corrected chi connectivity index (χ4v) is 2.87. The van der Waals surface area contributed by atoms with Crippen LogP contribution >= 0.6 is 11.6 Å². The van der Waals surface area contributed by atoms with Gasteiger partial charge in [-0.25, -0.2) is 0 Å². The average Bonchev–Trinajstić information content (AvgIpc) is 2.96. The lowest BCUT2D eigenvalue weighted by molar-refractivity contribution is -0.123. The summed E-state index contributed by atoms with van der Waals surface area (Å²) in [4.78, 5) is 16.8. The van der Waals surface area contributed by atoms with Gasteiger partial charge in [0.2, 0.25) is 5.91 Å². The van der Waals surface area contributed by atoms with Gasteiger partial charge in [-0.05, 0) is 29.7 Å². The van der Waals surface area contributed by atoms with Gasteiger partial charge in [-0.1, -0.05) is 31.5 Å². The van der Waals surface area contributed by atoms with Gasteiger partial charge in [0.25, 0.3) is 0 Å². The number of carbonyl (C=O) groups is 1. The number of halogens is 1. The van der Waals surface area contributed by atoms with Crippen molar-refractivity contribution in [3.05, 3.63) is 59.3 Å². The van der Waals surface area contributed by atoms with Crippen molar-refractivity contribution in [2.24, 2.45) is 5.92 Å². The predicted molar refractivity (Wildman–Crippen MR) is 91.7 cm³/mol. The molecule has 3 aromatic rings. The number of fused-ring (bicyclic) bond motifs is 1. The van der Waals surface area contributed by atoms with E-state index in [9.17, 15) is 4.79 Å². The van der Waals surface area contributed by atoms with Crippen LogP contribution in [0.1, 0.15) is 31.2 Å². The van der Waals surface area contributed by atoms with Gasteiger partial charge in [-0.2, -0.15) is 0 Å². The summed E-state index contributed by atoms with van der Waals surface area (Å²) in [6.45, 7) is 4.32. The van der Waals surface area contributed by atoms with Gasteiger partial charge in [0, 0.05) is 18.6 Å². The van der Waals surface area contributed by atoms with Crippen LogP contribution in [0.25, 0.3) is 5.65 Å². The summed E-state index contributed by atoms with van der Waals surface area (Å²) in [7, 11) is 0. The minimum atomic E-state index is -0.263. The first-order valence-electron chi connectivity index (χ1n) is 7.73. The molecule has 1 N–H and O–H groups in total. The first-order valence-corrected chi connectivity index (χ1v) is 8.11. The van der Waals surface area contributed by atoms with E-state index in [-0.39, 0.29) is 24.3 Å². The second-order valence-corrected chi connectivity index (χ2v) is 6.35. The summed E-state index contributed by atoms with van der Waals surface area (Å²) >= 11 is 6.01. The first kappa shape index (κ1) is 16.4. The number of pyridine rings is 2. The van der Waals surface area contributed by atoms with E-state index in [2.05, 4.69) is 20.5 Å². The quantitative estimate of drug-likeness (QED) is 0.773.